The number of rotatable bonds is 3. The Balaban J connectivity index is 1.83. The summed E-state index contributed by atoms with van der Waals surface area (Å²) in [5, 5.41) is 12.5. The maximum atomic E-state index is 5.06. The lowest BCUT2D eigenvalue weighted by Gasteiger charge is -2.08. The number of fused-ring (bicyclic) bond motifs is 3. The van der Waals surface area contributed by atoms with Crippen LogP contribution in [0.5, 0.6) is 5.88 Å². The number of anilines is 2. The highest BCUT2D eigenvalue weighted by Crippen LogP contribution is 2.29. The number of ether oxygens (including phenoxy) is 1. The molecule has 1 aromatic carbocycles. The average Bonchev–Trinajstić information content (AvgIpc) is 3.06. The second-order valence-corrected chi connectivity index (χ2v) is 4.85. The Bertz CT molecular complexity index is 946. The van der Waals surface area contributed by atoms with E-state index >= 15 is 0 Å². The van der Waals surface area contributed by atoms with Crippen LogP contribution in [0.3, 0.4) is 0 Å². The molecule has 6 heteroatoms. The van der Waals surface area contributed by atoms with Gasteiger partial charge in [0.1, 0.15) is 5.52 Å². The van der Waals surface area contributed by atoms with Crippen LogP contribution in [0.15, 0.2) is 48.8 Å². The summed E-state index contributed by atoms with van der Waals surface area (Å²) in [6.45, 7) is 0. The summed E-state index contributed by atoms with van der Waals surface area (Å²) in [6.07, 6.45) is 3.52. The summed E-state index contributed by atoms with van der Waals surface area (Å²) in [6, 6.07) is 11.7. The van der Waals surface area contributed by atoms with Crippen molar-refractivity contribution >= 4 is 33.3 Å². The molecule has 4 rings (SSSR count). The van der Waals surface area contributed by atoms with Gasteiger partial charge in [0.05, 0.1) is 30.7 Å². The van der Waals surface area contributed by atoms with Crippen LogP contribution in [0, 0.1) is 0 Å². The van der Waals surface area contributed by atoms with Gasteiger partial charge in [0, 0.05) is 16.8 Å². The zero-order valence-corrected chi connectivity index (χ0v) is 11.9. The van der Waals surface area contributed by atoms with Crippen molar-refractivity contribution in [2.45, 2.75) is 0 Å². The lowest BCUT2D eigenvalue weighted by atomic mass is 10.1. The van der Waals surface area contributed by atoms with Gasteiger partial charge in [0.25, 0.3) is 0 Å². The summed E-state index contributed by atoms with van der Waals surface area (Å²) in [7, 11) is 1.59. The number of hydrogen-bond acceptors (Lipinski definition) is 5. The smallest absolute Gasteiger partial charge is 0.213 e. The van der Waals surface area contributed by atoms with Gasteiger partial charge in [-0.05, 0) is 12.1 Å². The monoisotopic (exact) mass is 291 g/mol. The van der Waals surface area contributed by atoms with Gasteiger partial charge in [-0.3, -0.25) is 5.10 Å². The number of methoxy groups -OCH3 is 1. The third-order valence-electron chi connectivity index (χ3n) is 3.51. The Kier molecular flexibility index (Phi) is 2.86. The fourth-order valence-electron chi connectivity index (χ4n) is 2.45. The van der Waals surface area contributed by atoms with Crippen molar-refractivity contribution in [3.05, 3.63) is 48.8 Å². The van der Waals surface area contributed by atoms with E-state index in [4.69, 9.17) is 4.74 Å². The summed E-state index contributed by atoms with van der Waals surface area (Å²) in [5.74, 6) is 1.29. The first-order valence-corrected chi connectivity index (χ1v) is 6.84. The number of aromatic nitrogens is 4. The highest BCUT2D eigenvalue weighted by Gasteiger charge is 2.10. The molecule has 3 aromatic heterocycles. The first-order chi connectivity index (χ1) is 10.8. The first-order valence-electron chi connectivity index (χ1n) is 6.84. The molecule has 0 radical (unpaired) electrons. The quantitative estimate of drug-likeness (QED) is 0.606. The van der Waals surface area contributed by atoms with Gasteiger partial charge in [0.2, 0.25) is 5.88 Å². The summed E-state index contributed by atoms with van der Waals surface area (Å²) < 4.78 is 5.06. The normalized spacial score (nSPS) is 11.0. The molecule has 3 heterocycles. The number of pyridine rings is 2. The second-order valence-electron chi connectivity index (χ2n) is 4.85. The summed E-state index contributed by atoms with van der Waals surface area (Å²) in [5.41, 5.74) is 2.62. The van der Waals surface area contributed by atoms with E-state index in [1.807, 2.05) is 36.5 Å². The van der Waals surface area contributed by atoms with Crippen LogP contribution in [-0.2, 0) is 0 Å². The molecule has 0 amide bonds. The second kappa shape index (κ2) is 5.00. The minimum atomic E-state index is 0.573. The van der Waals surface area contributed by atoms with Crippen LogP contribution in [0.2, 0.25) is 0 Å². The van der Waals surface area contributed by atoms with E-state index in [-0.39, 0.29) is 0 Å². The lowest BCUT2D eigenvalue weighted by molar-refractivity contribution is 0.398. The Labute approximate surface area is 126 Å². The minimum absolute atomic E-state index is 0.573. The standard InChI is InChI=1S/C16H13N5O/c1-22-14-7-6-10(8-17-14)19-16-15-12(9-18-21-15)11-4-2-3-5-13(11)20-16/h2-9H,1H3,(H,18,21)(H,19,20). The van der Waals surface area contributed by atoms with Gasteiger partial charge in [-0.1, -0.05) is 18.2 Å². The van der Waals surface area contributed by atoms with Crippen LogP contribution in [0.1, 0.15) is 0 Å². The van der Waals surface area contributed by atoms with Gasteiger partial charge in [-0.2, -0.15) is 5.10 Å². The van der Waals surface area contributed by atoms with Crippen LogP contribution < -0.4 is 10.1 Å². The number of aromatic amines is 1. The van der Waals surface area contributed by atoms with Crippen molar-refractivity contribution in [3.8, 4) is 5.88 Å². The fourth-order valence-corrected chi connectivity index (χ4v) is 2.45. The average molecular weight is 291 g/mol. The maximum absolute atomic E-state index is 5.06. The molecule has 0 saturated carbocycles. The van der Waals surface area contributed by atoms with Crippen molar-refractivity contribution < 1.29 is 4.74 Å². The topological polar surface area (TPSA) is 75.7 Å². The van der Waals surface area contributed by atoms with Gasteiger partial charge in [0.15, 0.2) is 5.82 Å². The molecule has 108 valence electrons. The highest BCUT2D eigenvalue weighted by atomic mass is 16.5. The third kappa shape index (κ3) is 2.01. The van der Waals surface area contributed by atoms with Crippen LogP contribution >= 0.6 is 0 Å². The van der Waals surface area contributed by atoms with Gasteiger partial charge in [-0.15, -0.1) is 0 Å². The first kappa shape index (κ1) is 12.6. The molecular formula is C16H13N5O. The molecule has 0 aliphatic rings. The van der Waals surface area contributed by atoms with Crippen LogP contribution in [0.4, 0.5) is 11.5 Å². The number of nitrogens with zero attached hydrogens (tertiary/aromatic N) is 3. The molecule has 0 unspecified atom stereocenters. The predicted octanol–water partition coefficient (Wildman–Crippen LogP) is 3.26. The highest BCUT2D eigenvalue weighted by molar-refractivity contribution is 6.08. The summed E-state index contributed by atoms with van der Waals surface area (Å²) >= 11 is 0. The van der Waals surface area contributed by atoms with E-state index in [9.17, 15) is 0 Å². The lowest BCUT2D eigenvalue weighted by Crippen LogP contribution is -1.97. The Morgan fingerprint density at radius 3 is 2.77 bits per heavy atom. The van der Waals surface area contributed by atoms with Crippen molar-refractivity contribution in [3.63, 3.8) is 0 Å². The number of benzene rings is 1. The Hall–Kier alpha value is -3.15. The molecule has 0 aliphatic carbocycles. The SMILES string of the molecule is COc1ccc(Nc2nc3ccccc3c3cn[nH]c23)cn1. The zero-order chi connectivity index (χ0) is 14.9. The van der Waals surface area contributed by atoms with Crippen molar-refractivity contribution in [2.75, 3.05) is 12.4 Å². The molecule has 0 aliphatic heterocycles. The van der Waals surface area contributed by atoms with Gasteiger partial charge < -0.3 is 10.1 Å². The van der Waals surface area contributed by atoms with Crippen molar-refractivity contribution in [1.29, 1.82) is 0 Å². The minimum Gasteiger partial charge on any atom is -0.481 e. The molecule has 0 fully saturated rings. The van der Waals surface area contributed by atoms with E-state index in [1.165, 1.54) is 0 Å². The Morgan fingerprint density at radius 1 is 1.05 bits per heavy atom. The van der Waals surface area contributed by atoms with Gasteiger partial charge in [-0.25, -0.2) is 9.97 Å². The van der Waals surface area contributed by atoms with E-state index < -0.39 is 0 Å². The van der Waals surface area contributed by atoms with Crippen molar-refractivity contribution in [2.24, 2.45) is 0 Å². The van der Waals surface area contributed by atoms with E-state index in [2.05, 4.69) is 25.5 Å². The molecule has 0 saturated heterocycles. The van der Waals surface area contributed by atoms with E-state index in [0.29, 0.717) is 5.88 Å². The van der Waals surface area contributed by atoms with Crippen LogP contribution in [0.25, 0.3) is 21.8 Å². The molecule has 0 bridgehead atoms. The fraction of sp³-hybridized carbons (Fsp3) is 0.0625. The molecular weight excluding hydrogens is 278 g/mol. The van der Waals surface area contributed by atoms with Crippen LogP contribution in [-0.4, -0.2) is 27.3 Å². The predicted molar refractivity (Wildman–Crippen MR) is 85.5 cm³/mol. The van der Waals surface area contributed by atoms with Crippen molar-refractivity contribution in [1.82, 2.24) is 20.2 Å². The molecule has 2 N–H and O–H groups in total. The largest absolute Gasteiger partial charge is 0.481 e. The summed E-state index contributed by atoms with van der Waals surface area (Å²) in [4.78, 5) is 8.86. The maximum Gasteiger partial charge on any atom is 0.213 e. The van der Waals surface area contributed by atoms with E-state index in [1.54, 1.807) is 19.4 Å². The molecule has 4 aromatic rings. The number of H-pyrrole nitrogens is 1. The molecule has 0 atom stereocenters. The van der Waals surface area contributed by atoms with Gasteiger partial charge >= 0.3 is 0 Å². The number of para-hydroxylation sites is 1. The zero-order valence-electron chi connectivity index (χ0n) is 11.9. The molecule has 6 nitrogen and oxygen atoms in total. The molecule has 0 spiro atoms. The number of hydrogen-bond donors (Lipinski definition) is 2. The number of nitrogens with one attached hydrogen (secondary N) is 2. The molecule has 22 heavy (non-hydrogen) atoms. The Morgan fingerprint density at radius 2 is 1.95 bits per heavy atom. The van der Waals surface area contributed by atoms with E-state index in [0.717, 1.165) is 33.3 Å². The third-order valence-corrected chi connectivity index (χ3v) is 3.51.